The van der Waals surface area contributed by atoms with Gasteiger partial charge in [0.15, 0.2) is 0 Å². The van der Waals surface area contributed by atoms with Crippen LogP contribution in [-0.2, 0) is 11.3 Å². The Kier molecular flexibility index (Phi) is 7.94. The molecule has 0 N–H and O–H groups in total. The van der Waals surface area contributed by atoms with Crippen molar-refractivity contribution < 1.29 is 4.74 Å². The third-order valence-corrected chi connectivity index (χ3v) is 7.41. The zero-order chi connectivity index (χ0) is 23.9. The summed E-state index contributed by atoms with van der Waals surface area (Å²) >= 11 is 0. The van der Waals surface area contributed by atoms with Crippen LogP contribution in [0.25, 0.3) is 11.0 Å². The lowest BCUT2D eigenvalue weighted by Crippen LogP contribution is -2.37. The van der Waals surface area contributed by atoms with E-state index in [0.29, 0.717) is 19.1 Å². The number of hydrogen-bond acceptors (Lipinski definition) is 6. The smallest absolute Gasteiger partial charge is 0.206 e. The number of hydrogen-bond donors (Lipinski definition) is 0. The van der Waals surface area contributed by atoms with Gasteiger partial charge in [-0.25, -0.2) is 4.98 Å². The molecule has 7 nitrogen and oxygen atoms in total. The van der Waals surface area contributed by atoms with Crippen molar-refractivity contribution in [2.24, 2.45) is 0 Å². The summed E-state index contributed by atoms with van der Waals surface area (Å²) in [5.74, 6) is 1.71. The first-order chi connectivity index (χ1) is 17.3. The first-order valence-electron chi connectivity index (χ1n) is 13.0. The summed E-state index contributed by atoms with van der Waals surface area (Å²) in [5, 5.41) is 8.78. The van der Waals surface area contributed by atoms with E-state index in [9.17, 15) is 0 Å². The third kappa shape index (κ3) is 5.84. The van der Waals surface area contributed by atoms with Gasteiger partial charge in [0.2, 0.25) is 5.95 Å². The monoisotopic (exact) mass is 472 g/mol. The number of nitrogens with zero attached hydrogens (tertiary/aromatic N) is 6. The predicted molar refractivity (Wildman–Crippen MR) is 140 cm³/mol. The lowest BCUT2D eigenvalue weighted by atomic mass is 9.99. The molecule has 7 heteroatoms. The van der Waals surface area contributed by atoms with Gasteiger partial charge in [-0.05, 0) is 49.5 Å². The van der Waals surface area contributed by atoms with Gasteiger partial charge < -0.3 is 24.0 Å². The summed E-state index contributed by atoms with van der Waals surface area (Å²) in [7, 11) is 0. The summed E-state index contributed by atoms with van der Waals surface area (Å²) in [6, 6.07) is 21.3. The van der Waals surface area contributed by atoms with E-state index in [1.807, 2.05) is 6.07 Å². The average molecular weight is 473 g/mol. The second-order valence-corrected chi connectivity index (χ2v) is 9.64. The number of rotatable bonds is 9. The number of benzene rings is 2. The minimum absolute atomic E-state index is 0.129. The second kappa shape index (κ2) is 11.7. The molecule has 5 rings (SSSR count). The number of para-hydroxylation sites is 2. The molecule has 0 spiro atoms. The van der Waals surface area contributed by atoms with Gasteiger partial charge in [-0.2, -0.15) is 5.26 Å². The molecule has 2 aliphatic heterocycles. The fourth-order valence-corrected chi connectivity index (χ4v) is 5.51. The molecule has 0 bridgehead atoms. The van der Waals surface area contributed by atoms with Gasteiger partial charge in [0.05, 0.1) is 23.7 Å². The van der Waals surface area contributed by atoms with E-state index in [-0.39, 0.29) is 6.61 Å². The maximum absolute atomic E-state index is 8.78. The SMILES string of the molecule is N#CCOCCn1c(N2CCCN(CCN3CCC(c4ccccc4)C3)CC2)nc2ccccc21. The van der Waals surface area contributed by atoms with Gasteiger partial charge in [0.25, 0.3) is 0 Å². The molecule has 1 aromatic heterocycles. The number of likely N-dealkylation sites (tertiary alicyclic amines) is 1. The first-order valence-corrected chi connectivity index (χ1v) is 13.0. The Hall–Kier alpha value is -2.92. The van der Waals surface area contributed by atoms with Crippen molar-refractivity contribution in [2.45, 2.75) is 25.3 Å². The topological polar surface area (TPSA) is 60.6 Å². The summed E-state index contributed by atoms with van der Waals surface area (Å²) in [6.07, 6.45) is 2.41. The van der Waals surface area contributed by atoms with E-state index < -0.39 is 0 Å². The van der Waals surface area contributed by atoms with Crippen molar-refractivity contribution in [2.75, 3.05) is 70.5 Å². The minimum atomic E-state index is 0.129. The fraction of sp³-hybridized carbons (Fsp3) is 0.500. The maximum Gasteiger partial charge on any atom is 0.206 e. The molecule has 2 aliphatic rings. The Morgan fingerprint density at radius 1 is 0.886 bits per heavy atom. The summed E-state index contributed by atoms with van der Waals surface area (Å²) in [5.41, 5.74) is 3.64. The average Bonchev–Trinajstić information content (AvgIpc) is 3.44. The summed E-state index contributed by atoms with van der Waals surface area (Å²) < 4.78 is 7.72. The van der Waals surface area contributed by atoms with Crippen LogP contribution < -0.4 is 4.90 Å². The highest BCUT2D eigenvalue weighted by molar-refractivity contribution is 5.78. The highest BCUT2D eigenvalue weighted by Gasteiger charge is 2.25. The fourth-order valence-electron chi connectivity index (χ4n) is 5.51. The van der Waals surface area contributed by atoms with Crippen LogP contribution in [0.2, 0.25) is 0 Å². The first kappa shape index (κ1) is 23.8. The van der Waals surface area contributed by atoms with E-state index in [1.165, 1.54) is 25.1 Å². The van der Waals surface area contributed by atoms with E-state index in [1.54, 1.807) is 0 Å². The van der Waals surface area contributed by atoms with Crippen molar-refractivity contribution in [1.29, 1.82) is 5.26 Å². The number of nitriles is 1. The Bertz CT molecular complexity index is 1120. The second-order valence-electron chi connectivity index (χ2n) is 9.64. The van der Waals surface area contributed by atoms with Crippen LogP contribution in [0.5, 0.6) is 0 Å². The quantitative estimate of drug-likeness (QED) is 0.444. The summed E-state index contributed by atoms with van der Waals surface area (Å²) in [4.78, 5) is 12.7. The van der Waals surface area contributed by atoms with Crippen molar-refractivity contribution in [1.82, 2.24) is 19.4 Å². The van der Waals surface area contributed by atoms with Crippen molar-refractivity contribution in [3.8, 4) is 6.07 Å². The Morgan fingerprint density at radius 3 is 2.60 bits per heavy atom. The molecule has 0 aliphatic carbocycles. The number of fused-ring (bicyclic) bond motifs is 1. The number of anilines is 1. The molecular weight excluding hydrogens is 436 g/mol. The normalized spacial score (nSPS) is 19.7. The molecule has 2 fully saturated rings. The van der Waals surface area contributed by atoms with Gasteiger partial charge in [0, 0.05) is 45.8 Å². The predicted octanol–water partition coefficient (Wildman–Crippen LogP) is 3.58. The molecule has 2 saturated heterocycles. The molecule has 3 aromatic rings. The highest BCUT2D eigenvalue weighted by Crippen LogP contribution is 2.27. The molecule has 35 heavy (non-hydrogen) atoms. The van der Waals surface area contributed by atoms with Gasteiger partial charge in [-0.1, -0.05) is 42.5 Å². The van der Waals surface area contributed by atoms with E-state index in [2.05, 4.69) is 73.9 Å². The number of aromatic nitrogens is 2. The van der Waals surface area contributed by atoms with Gasteiger partial charge in [-0.15, -0.1) is 0 Å². The Labute approximate surface area is 208 Å². The van der Waals surface area contributed by atoms with Crippen LogP contribution in [0.1, 0.15) is 24.3 Å². The molecule has 1 unspecified atom stereocenters. The van der Waals surface area contributed by atoms with E-state index in [0.717, 1.165) is 62.7 Å². The van der Waals surface area contributed by atoms with Crippen LogP contribution >= 0.6 is 0 Å². The van der Waals surface area contributed by atoms with E-state index in [4.69, 9.17) is 15.0 Å². The zero-order valence-corrected chi connectivity index (χ0v) is 20.6. The lowest BCUT2D eigenvalue weighted by Gasteiger charge is -2.25. The summed E-state index contributed by atoms with van der Waals surface area (Å²) in [6.45, 7) is 10.2. The van der Waals surface area contributed by atoms with Crippen molar-refractivity contribution in [3.63, 3.8) is 0 Å². The largest absolute Gasteiger partial charge is 0.365 e. The molecule has 3 heterocycles. The molecule has 2 aromatic carbocycles. The lowest BCUT2D eigenvalue weighted by molar-refractivity contribution is 0.157. The van der Waals surface area contributed by atoms with Crippen LogP contribution in [0.4, 0.5) is 5.95 Å². The third-order valence-electron chi connectivity index (χ3n) is 7.41. The van der Waals surface area contributed by atoms with Gasteiger partial charge in [-0.3, -0.25) is 0 Å². The van der Waals surface area contributed by atoms with Gasteiger partial charge in [0.1, 0.15) is 6.61 Å². The maximum atomic E-state index is 8.78. The van der Waals surface area contributed by atoms with Crippen LogP contribution in [-0.4, -0.2) is 84.9 Å². The van der Waals surface area contributed by atoms with Crippen LogP contribution in [0.15, 0.2) is 54.6 Å². The van der Waals surface area contributed by atoms with Crippen LogP contribution in [0.3, 0.4) is 0 Å². The Morgan fingerprint density at radius 2 is 1.71 bits per heavy atom. The zero-order valence-electron chi connectivity index (χ0n) is 20.6. The molecule has 184 valence electrons. The molecule has 0 radical (unpaired) electrons. The van der Waals surface area contributed by atoms with Crippen LogP contribution in [0, 0.1) is 11.3 Å². The highest BCUT2D eigenvalue weighted by atomic mass is 16.5. The molecule has 0 amide bonds. The molecular formula is C28H36N6O. The van der Waals surface area contributed by atoms with Crippen molar-refractivity contribution in [3.05, 3.63) is 60.2 Å². The number of imidazole rings is 1. The number of ether oxygens (including phenoxy) is 1. The molecule has 1 atom stereocenters. The van der Waals surface area contributed by atoms with Crippen molar-refractivity contribution >= 4 is 17.0 Å². The molecule has 0 saturated carbocycles. The van der Waals surface area contributed by atoms with E-state index >= 15 is 0 Å². The van der Waals surface area contributed by atoms with Gasteiger partial charge >= 0.3 is 0 Å². The minimum Gasteiger partial charge on any atom is -0.365 e. The standard InChI is InChI=1S/C28H36N6O/c29-12-21-35-22-20-34-27-10-5-4-9-26(27)30-28(34)33-14-6-13-31(18-19-33)16-17-32-15-11-25(23-32)24-7-2-1-3-8-24/h1-5,7-10,25H,6,11,13-23H2. The Balaban J connectivity index is 1.17.